The third-order valence-corrected chi connectivity index (χ3v) is 4.49. The Morgan fingerprint density at radius 2 is 1.68 bits per heavy atom. The topological polar surface area (TPSA) is 41.1 Å². The highest BCUT2D eigenvalue weighted by Gasteiger charge is 2.11. The van der Waals surface area contributed by atoms with E-state index < -0.39 is 0 Å². The van der Waals surface area contributed by atoms with Gasteiger partial charge in [0.25, 0.3) is 0 Å². The van der Waals surface area contributed by atoms with Gasteiger partial charge in [-0.25, -0.2) is 0 Å². The van der Waals surface area contributed by atoms with Crippen LogP contribution in [0.1, 0.15) is 26.7 Å². The maximum absolute atomic E-state index is 11.8. The van der Waals surface area contributed by atoms with Crippen molar-refractivity contribution in [2.45, 2.75) is 32.7 Å². The number of halogens is 3. The van der Waals surface area contributed by atoms with E-state index in [0.29, 0.717) is 0 Å². The highest BCUT2D eigenvalue weighted by molar-refractivity contribution is 9.11. The van der Waals surface area contributed by atoms with Crippen LogP contribution in [0.25, 0.3) is 0 Å². The van der Waals surface area contributed by atoms with Crippen LogP contribution in [-0.2, 0) is 4.79 Å². The van der Waals surface area contributed by atoms with E-state index in [9.17, 15) is 4.79 Å². The van der Waals surface area contributed by atoms with Crippen molar-refractivity contribution in [3.05, 3.63) is 25.6 Å². The van der Waals surface area contributed by atoms with Crippen LogP contribution in [0.4, 0.5) is 5.69 Å². The first kappa shape index (κ1) is 17.0. The van der Waals surface area contributed by atoms with Gasteiger partial charge in [-0.2, -0.15) is 0 Å². The van der Waals surface area contributed by atoms with Gasteiger partial charge in [0.15, 0.2) is 0 Å². The lowest BCUT2D eigenvalue weighted by atomic mass is 10.2. The summed E-state index contributed by atoms with van der Waals surface area (Å²) < 4.78 is 2.78. The van der Waals surface area contributed by atoms with E-state index in [1.807, 2.05) is 12.1 Å². The van der Waals surface area contributed by atoms with Crippen molar-refractivity contribution < 1.29 is 4.79 Å². The van der Waals surface area contributed by atoms with E-state index in [1.54, 1.807) is 0 Å². The summed E-state index contributed by atoms with van der Waals surface area (Å²) in [6.45, 7) is 4.41. The molecule has 106 valence electrons. The molecule has 0 fully saturated rings. The third-order valence-electron chi connectivity index (χ3n) is 2.78. The summed E-state index contributed by atoms with van der Waals surface area (Å²) >= 11 is 10.4. The lowest BCUT2D eigenvalue weighted by Crippen LogP contribution is -2.37. The molecule has 0 saturated heterocycles. The van der Waals surface area contributed by atoms with Crippen molar-refractivity contribution in [3.63, 3.8) is 0 Å². The Morgan fingerprint density at radius 1 is 1.16 bits per heavy atom. The number of hydrogen-bond acceptors (Lipinski definition) is 2. The number of amides is 1. The molecule has 0 spiro atoms. The number of rotatable bonds is 6. The van der Waals surface area contributed by atoms with Gasteiger partial charge in [-0.15, -0.1) is 0 Å². The fourth-order valence-electron chi connectivity index (χ4n) is 1.65. The normalized spacial score (nSPS) is 10.6. The molecule has 0 aliphatic rings. The maximum Gasteiger partial charge on any atom is 0.239 e. The highest BCUT2D eigenvalue weighted by Crippen LogP contribution is 2.34. The Bertz CT molecular complexity index is 425. The number of hydrogen-bond donors (Lipinski definition) is 2. The minimum atomic E-state index is 0.00965. The van der Waals surface area contributed by atoms with Gasteiger partial charge in [0.05, 0.1) is 12.2 Å². The molecule has 2 N–H and O–H groups in total. The standard InChI is InChI=1S/C13H17Br3N2O/c1-3-9(4-2)18-12(19)7-17-13-10(15)5-8(14)6-11(13)16/h5-6,9,17H,3-4,7H2,1-2H3,(H,18,19). The number of carbonyl (C=O) groups is 1. The highest BCUT2D eigenvalue weighted by atomic mass is 79.9. The number of nitrogens with one attached hydrogen (secondary N) is 2. The van der Waals surface area contributed by atoms with Crippen molar-refractivity contribution in [2.75, 3.05) is 11.9 Å². The van der Waals surface area contributed by atoms with E-state index in [2.05, 4.69) is 72.3 Å². The lowest BCUT2D eigenvalue weighted by Gasteiger charge is -2.16. The molecule has 1 aromatic rings. The predicted molar refractivity (Wildman–Crippen MR) is 90.5 cm³/mol. The summed E-state index contributed by atoms with van der Waals surface area (Å²) in [6.07, 6.45) is 1.90. The summed E-state index contributed by atoms with van der Waals surface area (Å²) in [6, 6.07) is 4.13. The largest absolute Gasteiger partial charge is 0.374 e. The monoisotopic (exact) mass is 454 g/mol. The van der Waals surface area contributed by atoms with Crippen molar-refractivity contribution >= 4 is 59.4 Å². The Kier molecular flexibility index (Phi) is 7.39. The zero-order valence-electron chi connectivity index (χ0n) is 10.9. The van der Waals surface area contributed by atoms with Crippen molar-refractivity contribution in [2.24, 2.45) is 0 Å². The molecule has 19 heavy (non-hydrogen) atoms. The first-order valence-corrected chi connectivity index (χ1v) is 8.53. The van der Waals surface area contributed by atoms with E-state index in [0.717, 1.165) is 31.9 Å². The van der Waals surface area contributed by atoms with Gasteiger partial charge >= 0.3 is 0 Å². The lowest BCUT2D eigenvalue weighted by molar-refractivity contribution is -0.120. The van der Waals surface area contributed by atoms with E-state index in [-0.39, 0.29) is 18.5 Å². The van der Waals surface area contributed by atoms with E-state index in [1.165, 1.54) is 0 Å². The summed E-state index contributed by atoms with van der Waals surface area (Å²) in [5, 5.41) is 6.13. The molecule has 6 heteroatoms. The Hall–Kier alpha value is -0.0700. The molecule has 0 radical (unpaired) electrons. The van der Waals surface area contributed by atoms with E-state index >= 15 is 0 Å². The fourth-order valence-corrected chi connectivity index (χ4v) is 4.19. The molecular formula is C13H17Br3N2O. The van der Waals surface area contributed by atoms with E-state index in [4.69, 9.17) is 0 Å². The summed E-state index contributed by atoms with van der Waals surface area (Å²) in [5.41, 5.74) is 0.878. The SMILES string of the molecule is CCC(CC)NC(=O)CNc1c(Br)cc(Br)cc1Br. The molecule has 0 heterocycles. The quantitative estimate of drug-likeness (QED) is 0.652. The average molecular weight is 457 g/mol. The number of anilines is 1. The van der Waals surface area contributed by atoms with Crippen molar-refractivity contribution in [1.82, 2.24) is 5.32 Å². The van der Waals surface area contributed by atoms with Crippen LogP contribution in [0, 0.1) is 0 Å². The molecule has 3 nitrogen and oxygen atoms in total. The molecule has 0 bridgehead atoms. The molecule has 0 aliphatic heterocycles. The molecule has 1 rings (SSSR count). The molecule has 1 amide bonds. The van der Waals surface area contributed by atoms with Gasteiger partial charge in [-0.05, 0) is 56.8 Å². The first-order valence-electron chi connectivity index (χ1n) is 6.15. The summed E-state index contributed by atoms with van der Waals surface area (Å²) in [5.74, 6) is 0.00965. The maximum atomic E-state index is 11.8. The Morgan fingerprint density at radius 3 is 2.16 bits per heavy atom. The second kappa shape index (κ2) is 8.27. The smallest absolute Gasteiger partial charge is 0.239 e. The molecule has 0 saturated carbocycles. The van der Waals surface area contributed by atoms with Crippen molar-refractivity contribution in [1.29, 1.82) is 0 Å². The minimum absolute atomic E-state index is 0.00965. The van der Waals surface area contributed by atoms with Crippen LogP contribution in [-0.4, -0.2) is 18.5 Å². The molecule has 1 aromatic carbocycles. The average Bonchev–Trinajstić information content (AvgIpc) is 2.34. The second-order valence-corrected chi connectivity index (χ2v) is 6.80. The number of carbonyl (C=O) groups excluding carboxylic acids is 1. The van der Waals surface area contributed by atoms with Gasteiger partial charge in [-0.3, -0.25) is 4.79 Å². The van der Waals surface area contributed by atoms with Gasteiger partial charge in [0, 0.05) is 19.5 Å². The second-order valence-electron chi connectivity index (χ2n) is 4.18. The van der Waals surface area contributed by atoms with Gasteiger partial charge in [-0.1, -0.05) is 29.8 Å². The van der Waals surface area contributed by atoms with Crippen molar-refractivity contribution in [3.8, 4) is 0 Å². The van der Waals surface area contributed by atoms with Gasteiger partial charge in [0.1, 0.15) is 0 Å². The molecule has 0 aromatic heterocycles. The molecular weight excluding hydrogens is 440 g/mol. The zero-order valence-corrected chi connectivity index (χ0v) is 15.7. The third kappa shape index (κ3) is 5.44. The van der Waals surface area contributed by atoms with Gasteiger partial charge in [0.2, 0.25) is 5.91 Å². The molecule has 0 atom stereocenters. The Balaban J connectivity index is 2.60. The zero-order chi connectivity index (χ0) is 14.4. The molecule has 0 unspecified atom stereocenters. The summed E-state index contributed by atoms with van der Waals surface area (Å²) in [7, 11) is 0. The van der Waals surface area contributed by atoms with Gasteiger partial charge < -0.3 is 10.6 Å². The van der Waals surface area contributed by atoms with Crippen LogP contribution in [0.5, 0.6) is 0 Å². The van der Waals surface area contributed by atoms with Crippen LogP contribution < -0.4 is 10.6 Å². The fraction of sp³-hybridized carbons (Fsp3) is 0.462. The predicted octanol–water partition coefficient (Wildman–Crippen LogP) is 4.69. The van der Waals surface area contributed by atoms with Crippen LogP contribution >= 0.6 is 47.8 Å². The van der Waals surface area contributed by atoms with Crippen LogP contribution in [0.15, 0.2) is 25.6 Å². The summed E-state index contributed by atoms with van der Waals surface area (Å²) in [4.78, 5) is 11.8. The minimum Gasteiger partial charge on any atom is -0.374 e. The van der Waals surface area contributed by atoms with Crippen LogP contribution in [0.2, 0.25) is 0 Å². The molecule has 0 aliphatic carbocycles. The number of benzene rings is 1. The van der Waals surface area contributed by atoms with Crippen LogP contribution in [0.3, 0.4) is 0 Å². The first-order chi connectivity index (χ1) is 8.97. The Labute approximate surface area is 139 Å².